The van der Waals surface area contributed by atoms with E-state index < -0.39 is 11.7 Å². The van der Waals surface area contributed by atoms with Crippen LogP contribution < -0.4 is 0 Å². The summed E-state index contributed by atoms with van der Waals surface area (Å²) in [5.41, 5.74) is 2.25. The summed E-state index contributed by atoms with van der Waals surface area (Å²) in [6.07, 6.45) is 6.00. The Labute approximate surface area is 233 Å². The van der Waals surface area contributed by atoms with Gasteiger partial charge in [0.2, 0.25) is 5.90 Å². The molecule has 0 fully saturated rings. The Kier molecular flexibility index (Phi) is 14.5. The average molecular weight is 560 g/mol. The first-order chi connectivity index (χ1) is 19.0. The maximum absolute atomic E-state index is 12.9. The van der Waals surface area contributed by atoms with Gasteiger partial charge >= 0.3 is 6.18 Å². The molecule has 2 aromatic heterocycles. The Morgan fingerprint density at radius 2 is 1.88 bits per heavy atom. The summed E-state index contributed by atoms with van der Waals surface area (Å²) in [5.74, 6) is 0.511. The number of allylic oxidation sites excluding steroid dienone is 5. The second-order valence-corrected chi connectivity index (χ2v) is 8.34. The molecule has 0 bridgehead atoms. The zero-order valence-corrected chi connectivity index (χ0v) is 23.7. The third kappa shape index (κ3) is 11.6. The minimum atomic E-state index is -4.49. The number of hydrogen-bond donors (Lipinski definition) is 0. The summed E-state index contributed by atoms with van der Waals surface area (Å²) in [6.45, 7) is 15.3. The molecule has 0 atom stereocenters. The topological polar surface area (TPSA) is 99.7 Å². The third-order valence-corrected chi connectivity index (χ3v) is 4.80. The van der Waals surface area contributed by atoms with Gasteiger partial charge in [0.25, 0.3) is 0 Å². The molecule has 0 saturated heterocycles. The lowest BCUT2D eigenvalue weighted by atomic mass is 10.1. The minimum absolute atomic E-state index is 0.0603. The summed E-state index contributed by atoms with van der Waals surface area (Å²) in [6, 6.07) is 1.86. The molecule has 0 aliphatic carbocycles. The van der Waals surface area contributed by atoms with Crippen molar-refractivity contribution < 1.29 is 22.6 Å². The molecule has 9 nitrogen and oxygen atoms in total. The van der Waals surface area contributed by atoms with E-state index in [-0.39, 0.29) is 18.3 Å². The van der Waals surface area contributed by atoms with Crippen LogP contribution in [0.25, 0.3) is 5.70 Å². The lowest BCUT2D eigenvalue weighted by Crippen LogP contribution is -2.12. The molecule has 0 aromatic carbocycles. The monoisotopic (exact) mass is 559 g/mol. The molecule has 2 heterocycles. The predicted octanol–water partition coefficient (Wildman–Crippen LogP) is 6.16. The van der Waals surface area contributed by atoms with Crippen molar-refractivity contribution >= 4 is 17.8 Å². The Hall–Kier alpha value is -4.35. The van der Waals surface area contributed by atoms with Crippen molar-refractivity contribution in [1.82, 2.24) is 25.2 Å². The molecular weight excluding hydrogens is 523 g/mol. The van der Waals surface area contributed by atoms with Crippen LogP contribution in [0, 0.1) is 0 Å². The number of aromatic nitrogens is 5. The minimum Gasteiger partial charge on any atom is -0.494 e. The van der Waals surface area contributed by atoms with E-state index in [4.69, 9.17) is 9.47 Å². The molecule has 0 amide bonds. The molecule has 0 N–H and O–H groups in total. The molecule has 0 saturated carbocycles. The molecule has 0 spiro atoms. The highest BCUT2D eigenvalue weighted by atomic mass is 19.4. The maximum Gasteiger partial charge on any atom is 0.416 e. The van der Waals surface area contributed by atoms with Gasteiger partial charge in [-0.05, 0) is 53.6 Å². The summed E-state index contributed by atoms with van der Waals surface area (Å²) in [5, 5.41) is 11.1. The molecule has 40 heavy (non-hydrogen) atoms. The van der Waals surface area contributed by atoms with Gasteiger partial charge in [-0.2, -0.15) is 13.2 Å². The molecular formula is C28H36F3N7O2. The van der Waals surface area contributed by atoms with E-state index >= 15 is 0 Å². The highest BCUT2D eigenvalue weighted by Crippen LogP contribution is 2.26. The molecule has 12 heteroatoms. The number of rotatable bonds is 11. The number of pyridine rings is 1. The van der Waals surface area contributed by atoms with Crippen LogP contribution in [0.4, 0.5) is 13.2 Å². The maximum atomic E-state index is 12.9. The van der Waals surface area contributed by atoms with Crippen LogP contribution in [0.15, 0.2) is 88.6 Å². The van der Waals surface area contributed by atoms with Gasteiger partial charge in [-0.3, -0.25) is 9.98 Å². The second kappa shape index (κ2) is 17.3. The third-order valence-electron chi connectivity index (χ3n) is 4.80. The number of tetrazole rings is 1. The largest absolute Gasteiger partial charge is 0.494 e. The van der Waals surface area contributed by atoms with Gasteiger partial charge < -0.3 is 9.47 Å². The average Bonchev–Trinajstić information content (AvgIpc) is 3.42. The first-order valence-electron chi connectivity index (χ1n) is 12.3. The molecule has 216 valence electrons. The molecule has 2 aromatic rings. The van der Waals surface area contributed by atoms with Crippen molar-refractivity contribution in [3.8, 4) is 0 Å². The van der Waals surface area contributed by atoms with E-state index in [0.29, 0.717) is 29.0 Å². The van der Waals surface area contributed by atoms with E-state index in [9.17, 15) is 13.2 Å². The summed E-state index contributed by atoms with van der Waals surface area (Å²) in [7, 11) is 3.05. The molecule has 2 rings (SSSR count). The molecule has 0 aliphatic heterocycles. The highest BCUT2D eigenvalue weighted by molar-refractivity contribution is 6.14. The van der Waals surface area contributed by atoms with Crippen LogP contribution in [0.3, 0.4) is 0 Å². The SMILES string of the molecule is C=C/C(=C\C=C(/C)OC/C(C)=C(/C=NC)C(=NC(=C)c1cncc(Cn2cnnn2)c1)OC)C(F)(F)F.CCC. The normalized spacial score (nSPS) is 13.4. The molecule has 0 unspecified atom stereocenters. The lowest BCUT2D eigenvalue weighted by Gasteiger charge is -2.13. The fraction of sp³-hybridized carbons (Fsp3) is 0.357. The van der Waals surface area contributed by atoms with Crippen molar-refractivity contribution in [3.05, 3.63) is 89.8 Å². The lowest BCUT2D eigenvalue weighted by molar-refractivity contribution is -0.0881. The van der Waals surface area contributed by atoms with Gasteiger partial charge in [0.05, 0.1) is 36.3 Å². The van der Waals surface area contributed by atoms with Crippen LogP contribution in [-0.4, -0.2) is 64.2 Å². The van der Waals surface area contributed by atoms with Crippen molar-refractivity contribution in [2.75, 3.05) is 20.8 Å². The van der Waals surface area contributed by atoms with Gasteiger partial charge in [-0.25, -0.2) is 9.67 Å². The summed E-state index contributed by atoms with van der Waals surface area (Å²) < 4.78 is 51.3. The number of methoxy groups -OCH3 is 1. The number of ether oxygens (including phenoxy) is 2. The number of alkyl halides is 3. The number of aliphatic imine (C=N–C) groups is 2. The zero-order valence-electron chi connectivity index (χ0n) is 23.7. The Morgan fingerprint density at radius 1 is 1.18 bits per heavy atom. The van der Waals surface area contributed by atoms with Crippen molar-refractivity contribution in [2.45, 2.75) is 46.8 Å². The second-order valence-electron chi connectivity index (χ2n) is 8.34. The van der Waals surface area contributed by atoms with Crippen LogP contribution in [0.2, 0.25) is 0 Å². The number of halogens is 3. The smallest absolute Gasteiger partial charge is 0.416 e. The van der Waals surface area contributed by atoms with E-state index in [2.05, 4.69) is 57.5 Å². The van der Waals surface area contributed by atoms with Crippen molar-refractivity contribution in [2.24, 2.45) is 9.98 Å². The summed E-state index contributed by atoms with van der Waals surface area (Å²) >= 11 is 0. The zero-order chi connectivity index (χ0) is 30.1. The van der Waals surface area contributed by atoms with E-state index in [1.54, 1.807) is 44.2 Å². The van der Waals surface area contributed by atoms with Gasteiger partial charge in [0.15, 0.2) is 0 Å². The van der Waals surface area contributed by atoms with Crippen LogP contribution >= 0.6 is 0 Å². The number of hydrogen-bond acceptors (Lipinski definition) is 8. The number of nitrogens with zero attached hydrogens (tertiary/aromatic N) is 7. The first kappa shape index (κ1) is 33.7. The Balaban J connectivity index is 0.00000254. The van der Waals surface area contributed by atoms with E-state index in [0.717, 1.165) is 17.7 Å². The first-order valence-corrected chi connectivity index (χ1v) is 12.3. The highest BCUT2D eigenvalue weighted by Gasteiger charge is 2.30. The van der Waals surface area contributed by atoms with Crippen molar-refractivity contribution in [3.63, 3.8) is 0 Å². The molecule has 0 aliphatic rings. The van der Waals surface area contributed by atoms with Gasteiger partial charge in [-0.1, -0.05) is 39.5 Å². The fourth-order valence-corrected chi connectivity index (χ4v) is 2.88. The van der Waals surface area contributed by atoms with Crippen molar-refractivity contribution in [1.29, 1.82) is 0 Å². The summed E-state index contributed by atoms with van der Waals surface area (Å²) in [4.78, 5) is 12.8. The Bertz CT molecular complexity index is 1260. The standard InChI is InChI=1S/C25H28F3N7O2.C3H8/c1-7-22(25(26,27)28)9-8-18(3)37-15-17(2)23(13-29-5)24(36-6)32-19(4)21-10-20(11-30-12-21)14-35-16-31-33-34-35;1-3-2/h7-13,16H,1,4,14-15H2,2-3,5-6H3;3H2,1-2H3/b18-8+,22-9+,23-17-,29-13?,32-24?;. The van der Waals surface area contributed by atoms with Crippen LogP contribution in [0.1, 0.15) is 45.2 Å². The van der Waals surface area contributed by atoms with E-state index in [1.165, 1.54) is 25.9 Å². The van der Waals surface area contributed by atoms with Crippen LogP contribution in [0.5, 0.6) is 0 Å². The van der Waals surface area contributed by atoms with Gasteiger partial charge in [0, 0.05) is 31.2 Å². The molecule has 0 radical (unpaired) electrons. The van der Waals surface area contributed by atoms with Gasteiger partial charge in [0.1, 0.15) is 12.9 Å². The predicted molar refractivity (Wildman–Crippen MR) is 152 cm³/mol. The van der Waals surface area contributed by atoms with Crippen LogP contribution in [-0.2, 0) is 16.0 Å². The van der Waals surface area contributed by atoms with E-state index in [1.807, 2.05) is 6.07 Å². The Morgan fingerprint density at radius 3 is 2.42 bits per heavy atom. The fourth-order valence-electron chi connectivity index (χ4n) is 2.88. The quantitative estimate of drug-likeness (QED) is 0.142. The van der Waals surface area contributed by atoms with Gasteiger partial charge in [-0.15, -0.1) is 5.10 Å².